The number of nitrogens with zero attached hydrogens (tertiary/aromatic N) is 3. The molecule has 0 spiro atoms. The van der Waals surface area contributed by atoms with Crippen LogP contribution in [-0.2, 0) is 11.3 Å². The summed E-state index contributed by atoms with van der Waals surface area (Å²) in [7, 11) is 0. The number of thioether (sulfide) groups is 1. The molecule has 124 valence electrons. The average molecular weight is 352 g/mol. The van der Waals surface area contributed by atoms with Crippen LogP contribution in [0.5, 0.6) is 0 Å². The molecule has 0 N–H and O–H groups in total. The lowest BCUT2D eigenvalue weighted by atomic mass is 10.2. The Morgan fingerprint density at radius 3 is 2.74 bits per heavy atom. The lowest BCUT2D eigenvalue weighted by Gasteiger charge is -2.15. The van der Waals surface area contributed by atoms with E-state index in [0.29, 0.717) is 5.92 Å². The highest BCUT2D eigenvalue weighted by Crippen LogP contribution is 2.28. The fraction of sp³-hybridized carbons (Fsp3) is 0.529. The maximum Gasteiger partial charge on any atom is 0.191 e. The van der Waals surface area contributed by atoms with Crippen molar-refractivity contribution < 1.29 is 4.74 Å². The van der Waals surface area contributed by atoms with Crippen molar-refractivity contribution in [3.05, 3.63) is 29.3 Å². The smallest absolute Gasteiger partial charge is 0.191 e. The fourth-order valence-electron chi connectivity index (χ4n) is 2.61. The van der Waals surface area contributed by atoms with E-state index in [1.807, 2.05) is 24.3 Å². The van der Waals surface area contributed by atoms with Gasteiger partial charge in [-0.3, -0.25) is 4.57 Å². The number of hydrogen-bond donors (Lipinski definition) is 0. The van der Waals surface area contributed by atoms with Gasteiger partial charge in [-0.2, -0.15) is 0 Å². The van der Waals surface area contributed by atoms with Gasteiger partial charge in [0, 0.05) is 22.9 Å². The maximum atomic E-state index is 6.00. The van der Waals surface area contributed by atoms with Crippen LogP contribution in [0.1, 0.15) is 26.7 Å². The molecule has 0 bridgehead atoms. The Hall–Kier alpha value is -1.04. The van der Waals surface area contributed by atoms with Crippen LogP contribution >= 0.6 is 23.4 Å². The summed E-state index contributed by atoms with van der Waals surface area (Å²) in [6.07, 6.45) is 2.50. The Balaban J connectivity index is 1.89. The van der Waals surface area contributed by atoms with E-state index < -0.39 is 0 Å². The summed E-state index contributed by atoms with van der Waals surface area (Å²) in [6, 6.07) is 7.77. The zero-order valence-corrected chi connectivity index (χ0v) is 15.1. The second kappa shape index (κ2) is 7.69. The number of hydrogen-bond acceptors (Lipinski definition) is 4. The van der Waals surface area contributed by atoms with E-state index in [9.17, 15) is 0 Å². The molecule has 0 amide bonds. The predicted octanol–water partition coefficient (Wildman–Crippen LogP) is 4.53. The Kier molecular flexibility index (Phi) is 5.62. The van der Waals surface area contributed by atoms with E-state index in [1.54, 1.807) is 11.8 Å². The molecule has 4 nitrogen and oxygen atoms in total. The minimum absolute atomic E-state index is 0.260. The van der Waals surface area contributed by atoms with Crippen molar-refractivity contribution in [3.63, 3.8) is 0 Å². The van der Waals surface area contributed by atoms with Gasteiger partial charge in [0.1, 0.15) is 0 Å². The standard InChI is InChI=1S/C17H22ClN3OS/c1-12(2)11-23-17-20-19-16(13-5-7-14(18)8-6-13)21(17)10-15-4-3-9-22-15/h5-8,12,15H,3-4,9-11H2,1-2H3/t15-/m1/s1. The van der Waals surface area contributed by atoms with Gasteiger partial charge in [-0.25, -0.2) is 0 Å². The molecule has 23 heavy (non-hydrogen) atoms. The Morgan fingerprint density at radius 1 is 1.30 bits per heavy atom. The summed E-state index contributed by atoms with van der Waals surface area (Å²) in [5.74, 6) is 2.54. The van der Waals surface area contributed by atoms with E-state index in [0.717, 1.165) is 53.3 Å². The molecule has 0 radical (unpaired) electrons. The Morgan fingerprint density at radius 2 is 2.09 bits per heavy atom. The van der Waals surface area contributed by atoms with Gasteiger partial charge < -0.3 is 4.74 Å². The van der Waals surface area contributed by atoms with Gasteiger partial charge in [0.2, 0.25) is 0 Å². The lowest BCUT2D eigenvalue weighted by molar-refractivity contribution is 0.0953. The van der Waals surface area contributed by atoms with Crippen molar-refractivity contribution in [3.8, 4) is 11.4 Å². The number of halogens is 1. The molecule has 1 aromatic heterocycles. The molecular weight excluding hydrogens is 330 g/mol. The summed E-state index contributed by atoms with van der Waals surface area (Å²) in [4.78, 5) is 0. The van der Waals surface area contributed by atoms with Crippen molar-refractivity contribution in [1.82, 2.24) is 14.8 Å². The molecule has 1 aliphatic rings. The Bertz CT molecular complexity index is 636. The van der Waals surface area contributed by atoms with Crippen molar-refractivity contribution in [2.45, 2.75) is 44.5 Å². The second-order valence-electron chi connectivity index (χ2n) is 6.26. The summed E-state index contributed by atoms with van der Waals surface area (Å²) < 4.78 is 8.01. The van der Waals surface area contributed by atoms with E-state index in [2.05, 4.69) is 28.6 Å². The van der Waals surface area contributed by atoms with Crippen LogP contribution in [0.3, 0.4) is 0 Å². The molecule has 2 heterocycles. The first kappa shape index (κ1) is 16.8. The minimum atomic E-state index is 0.260. The zero-order chi connectivity index (χ0) is 16.2. The van der Waals surface area contributed by atoms with Gasteiger partial charge in [0.15, 0.2) is 11.0 Å². The molecule has 0 saturated carbocycles. The molecule has 6 heteroatoms. The molecule has 1 aliphatic heterocycles. The zero-order valence-electron chi connectivity index (χ0n) is 13.5. The molecule has 1 atom stereocenters. The molecule has 1 fully saturated rings. The van der Waals surface area contributed by atoms with Gasteiger partial charge in [-0.05, 0) is 43.0 Å². The first-order chi connectivity index (χ1) is 11.1. The van der Waals surface area contributed by atoms with E-state index >= 15 is 0 Å². The molecule has 0 unspecified atom stereocenters. The SMILES string of the molecule is CC(C)CSc1nnc(-c2ccc(Cl)cc2)n1C[C@H]1CCCO1. The first-order valence-corrected chi connectivity index (χ1v) is 9.43. The van der Waals surface area contributed by atoms with Crippen LogP contribution in [0.15, 0.2) is 29.4 Å². The monoisotopic (exact) mass is 351 g/mol. The fourth-order valence-corrected chi connectivity index (χ4v) is 3.63. The van der Waals surface area contributed by atoms with Gasteiger partial charge >= 0.3 is 0 Å². The molecule has 0 aliphatic carbocycles. The number of rotatable bonds is 6. The molecule has 3 rings (SSSR count). The third-order valence-electron chi connectivity index (χ3n) is 3.78. The summed E-state index contributed by atoms with van der Waals surface area (Å²) in [6.45, 7) is 6.10. The van der Waals surface area contributed by atoms with Gasteiger partial charge in [-0.15, -0.1) is 10.2 Å². The Labute approximate surface area is 146 Å². The number of aromatic nitrogens is 3. The normalized spacial score (nSPS) is 18.0. The van der Waals surface area contributed by atoms with E-state index in [4.69, 9.17) is 16.3 Å². The first-order valence-electron chi connectivity index (χ1n) is 8.07. The second-order valence-corrected chi connectivity index (χ2v) is 7.69. The quantitative estimate of drug-likeness (QED) is 0.717. The van der Waals surface area contributed by atoms with Crippen LogP contribution in [0.2, 0.25) is 5.02 Å². The summed E-state index contributed by atoms with van der Waals surface area (Å²) in [5.41, 5.74) is 1.04. The summed E-state index contributed by atoms with van der Waals surface area (Å²) >= 11 is 7.76. The molecular formula is C17H22ClN3OS. The minimum Gasteiger partial charge on any atom is -0.376 e. The van der Waals surface area contributed by atoms with E-state index in [-0.39, 0.29) is 6.10 Å². The van der Waals surface area contributed by atoms with Crippen LogP contribution in [0.4, 0.5) is 0 Å². The van der Waals surface area contributed by atoms with Crippen LogP contribution < -0.4 is 0 Å². The van der Waals surface area contributed by atoms with E-state index in [1.165, 1.54) is 0 Å². The molecule has 1 saturated heterocycles. The largest absolute Gasteiger partial charge is 0.376 e. The topological polar surface area (TPSA) is 39.9 Å². The van der Waals surface area contributed by atoms with Gasteiger partial charge in [0.05, 0.1) is 12.6 Å². The third kappa shape index (κ3) is 4.28. The van der Waals surface area contributed by atoms with Gasteiger partial charge in [-0.1, -0.05) is 37.2 Å². The average Bonchev–Trinajstić information content (AvgIpc) is 3.17. The lowest BCUT2D eigenvalue weighted by Crippen LogP contribution is -2.16. The predicted molar refractivity (Wildman–Crippen MR) is 95.0 cm³/mol. The molecule has 1 aromatic carbocycles. The van der Waals surface area contributed by atoms with Crippen molar-refractivity contribution in [1.29, 1.82) is 0 Å². The van der Waals surface area contributed by atoms with Crippen molar-refractivity contribution in [2.75, 3.05) is 12.4 Å². The summed E-state index contributed by atoms with van der Waals surface area (Å²) in [5, 5.41) is 10.5. The highest BCUT2D eigenvalue weighted by Gasteiger charge is 2.21. The maximum absolute atomic E-state index is 6.00. The van der Waals surface area contributed by atoms with Gasteiger partial charge in [0.25, 0.3) is 0 Å². The number of ether oxygens (including phenoxy) is 1. The van der Waals surface area contributed by atoms with Crippen LogP contribution in [0, 0.1) is 5.92 Å². The van der Waals surface area contributed by atoms with Crippen LogP contribution in [0.25, 0.3) is 11.4 Å². The number of benzene rings is 1. The highest BCUT2D eigenvalue weighted by molar-refractivity contribution is 7.99. The van der Waals surface area contributed by atoms with Crippen molar-refractivity contribution in [2.24, 2.45) is 5.92 Å². The highest BCUT2D eigenvalue weighted by atomic mass is 35.5. The van der Waals surface area contributed by atoms with Crippen LogP contribution in [-0.4, -0.2) is 33.2 Å². The molecule has 2 aromatic rings. The van der Waals surface area contributed by atoms with Crippen molar-refractivity contribution >= 4 is 23.4 Å². The third-order valence-corrected chi connectivity index (χ3v) is 5.42.